The average molecular weight is 520 g/mol. The van der Waals surface area contributed by atoms with Crippen LogP contribution in [0.15, 0.2) is 121 Å². The monoisotopic (exact) mass is 520 g/mol. The van der Waals surface area contributed by atoms with Crippen LogP contribution in [0.3, 0.4) is 0 Å². The van der Waals surface area contributed by atoms with Gasteiger partial charge in [0.15, 0.2) is 0 Å². The zero-order valence-corrected chi connectivity index (χ0v) is 23.5. The lowest BCUT2D eigenvalue weighted by atomic mass is 9.77. The zero-order valence-electron chi connectivity index (χ0n) is 23.5. The van der Waals surface area contributed by atoms with Crippen LogP contribution >= 0.6 is 0 Å². The predicted octanol–water partition coefficient (Wildman–Crippen LogP) is 8.48. The minimum atomic E-state index is -0.357. The van der Waals surface area contributed by atoms with Crippen molar-refractivity contribution in [1.29, 1.82) is 0 Å². The average Bonchev–Trinajstić information content (AvgIpc) is 3.42. The molecular formula is C37H33BO2. The molecule has 0 bridgehead atoms. The second kappa shape index (κ2) is 9.33. The maximum absolute atomic E-state index is 6.32. The van der Waals surface area contributed by atoms with Crippen LogP contribution in [0.1, 0.15) is 50.3 Å². The van der Waals surface area contributed by atoms with Crippen molar-refractivity contribution in [3.63, 3.8) is 0 Å². The molecule has 2 nitrogen and oxygen atoms in total. The summed E-state index contributed by atoms with van der Waals surface area (Å²) in [6.45, 7) is 8.39. The maximum Gasteiger partial charge on any atom is 0.494 e. The summed E-state index contributed by atoms with van der Waals surface area (Å²) in [6, 6.07) is 44.1. The van der Waals surface area contributed by atoms with Crippen molar-refractivity contribution in [2.24, 2.45) is 0 Å². The Morgan fingerprint density at radius 2 is 0.950 bits per heavy atom. The molecule has 1 fully saturated rings. The van der Waals surface area contributed by atoms with Crippen molar-refractivity contribution < 1.29 is 9.31 Å². The van der Waals surface area contributed by atoms with E-state index in [1.807, 2.05) is 0 Å². The maximum atomic E-state index is 6.32. The van der Waals surface area contributed by atoms with Crippen molar-refractivity contribution in [3.8, 4) is 33.4 Å². The third kappa shape index (κ3) is 4.13. The lowest BCUT2D eigenvalue weighted by molar-refractivity contribution is 0.00578. The van der Waals surface area contributed by atoms with Crippen molar-refractivity contribution in [2.75, 3.05) is 0 Å². The predicted molar refractivity (Wildman–Crippen MR) is 166 cm³/mol. The first-order chi connectivity index (χ1) is 19.3. The summed E-state index contributed by atoms with van der Waals surface area (Å²) in [7, 11) is -0.357. The highest BCUT2D eigenvalue weighted by atomic mass is 16.7. The van der Waals surface area contributed by atoms with E-state index in [-0.39, 0.29) is 24.2 Å². The van der Waals surface area contributed by atoms with E-state index in [0.29, 0.717) is 0 Å². The van der Waals surface area contributed by atoms with Gasteiger partial charge in [0, 0.05) is 5.92 Å². The summed E-state index contributed by atoms with van der Waals surface area (Å²) in [5, 5.41) is 0. The second-order valence-corrected chi connectivity index (χ2v) is 12.0. The Hall–Kier alpha value is -3.92. The normalized spacial score (nSPS) is 17.1. The Balaban J connectivity index is 1.31. The van der Waals surface area contributed by atoms with Gasteiger partial charge in [0.05, 0.1) is 11.2 Å². The molecule has 0 atom stereocenters. The second-order valence-electron chi connectivity index (χ2n) is 12.0. The summed E-state index contributed by atoms with van der Waals surface area (Å²) in [6.07, 6.45) is 0. The zero-order chi connectivity index (χ0) is 27.5. The van der Waals surface area contributed by atoms with Crippen molar-refractivity contribution in [2.45, 2.75) is 44.8 Å². The van der Waals surface area contributed by atoms with Crippen LogP contribution in [-0.4, -0.2) is 18.3 Å². The molecule has 1 aliphatic heterocycles. The Labute approximate surface area is 237 Å². The smallest absolute Gasteiger partial charge is 0.399 e. The molecule has 196 valence electrons. The van der Waals surface area contributed by atoms with Gasteiger partial charge in [-0.25, -0.2) is 0 Å². The molecule has 0 amide bonds. The van der Waals surface area contributed by atoms with E-state index in [4.69, 9.17) is 9.31 Å². The summed E-state index contributed by atoms with van der Waals surface area (Å²) in [5.74, 6) is 0.173. The van der Waals surface area contributed by atoms with Crippen LogP contribution in [0.2, 0.25) is 0 Å². The van der Waals surface area contributed by atoms with E-state index in [1.165, 1.54) is 50.1 Å². The van der Waals surface area contributed by atoms with E-state index in [1.54, 1.807) is 0 Å². The summed E-state index contributed by atoms with van der Waals surface area (Å²) in [5.41, 5.74) is 11.9. The van der Waals surface area contributed by atoms with E-state index < -0.39 is 0 Å². The standard InChI is InChI=1S/C37H33BO2/c1-36(2)37(3,4)40-38(39-36)30-19-15-27(16-20-30)35-31-21-17-28(25-11-7-5-8-12-25)23-33(31)34-24-29(18-22-32(34)35)26-13-9-6-10-14-26/h5-24,35H,1-4H3. The highest BCUT2D eigenvalue weighted by Crippen LogP contribution is 2.50. The van der Waals surface area contributed by atoms with Crippen LogP contribution < -0.4 is 5.46 Å². The van der Waals surface area contributed by atoms with E-state index >= 15 is 0 Å². The van der Waals surface area contributed by atoms with Gasteiger partial charge in [0.2, 0.25) is 0 Å². The van der Waals surface area contributed by atoms with Gasteiger partial charge in [-0.2, -0.15) is 0 Å². The van der Waals surface area contributed by atoms with Crippen LogP contribution in [0.4, 0.5) is 0 Å². The van der Waals surface area contributed by atoms with Gasteiger partial charge in [-0.1, -0.05) is 109 Å². The van der Waals surface area contributed by atoms with E-state index in [2.05, 4.69) is 149 Å². The molecule has 3 heteroatoms. The molecule has 1 aliphatic carbocycles. The van der Waals surface area contributed by atoms with Gasteiger partial charge in [-0.05, 0) is 95.4 Å². The Morgan fingerprint density at radius 1 is 0.500 bits per heavy atom. The number of hydrogen-bond donors (Lipinski definition) is 0. The minimum absolute atomic E-state index is 0.173. The molecule has 5 aromatic carbocycles. The van der Waals surface area contributed by atoms with Crippen molar-refractivity contribution in [1.82, 2.24) is 0 Å². The lowest BCUT2D eigenvalue weighted by Gasteiger charge is -2.32. The van der Waals surface area contributed by atoms with E-state index in [9.17, 15) is 0 Å². The molecule has 0 radical (unpaired) electrons. The molecule has 40 heavy (non-hydrogen) atoms. The van der Waals surface area contributed by atoms with Gasteiger partial charge in [-0.15, -0.1) is 0 Å². The quantitative estimate of drug-likeness (QED) is 0.217. The first kappa shape index (κ1) is 25.1. The molecule has 1 heterocycles. The molecule has 0 unspecified atom stereocenters. The Bertz CT molecular complexity index is 1580. The largest absolute Gasteiger partial charge is 0.494 e. The third-order valence-corrected chi connectivity index (χ3v) is 9.03. The number of fused-ring (bicyclic) bond motifs is 3. The fraction of sp³-hybridized carbons (Fsp3) is 0.189. The molecule has 7 rings (SSSR count). The molecule has 0 saturated carbocycles. The van der Waals surface area contributed by atoms with Gasteiger partial charge in [0.1, 0.15) is 0 Å². The van der Waals surface area contributed by atoms with Gasteiger partial charge >= 0.3 is 7.12 Å². The molecule has 1 saturated heterocycles. The SMILES string of the molecule is CC1(C)OB(c2ccc(C3c4ccc(-c5ccccc5)cc4-c4cc(-c5ccccc5)ccc43)cc2)OC1(C)C. The number of benzene rings is 5. The Kier molecular flexibility index (Phi) is 5.85. The highest BCUT2D eigenvalue weighted by Gasteiger charge is 2.51. The van der Waals surface area contributed by atoms with Gasteiger partial charge < -0.3 is 9.31 Å². The Morgan fingerprint density at radius 3 is 1.40 bits per heavy atom. The molecule has 0 spiro atoms. The van der Waals surface area contributed by atoms with Crippen LogP contribution in [0, 0.1) is 0 Å². The third-order valence-electron chi connectivity index (χ3n) is 9.03. The van der Waals surface area contributed by atoms with Crippen LogP contribution in [0.5, 0.6) is 0 Å². The number of hydrogen-bond acceptors (Lipinski definition) is 2. The molecule has 0 aromatic heterocycles. The first-order valence-electron chi connectivity index (χ1n) is 14.2. The first-order valence-corrected chi connectivity index (χ1v) is 14.2. The van der Waals surface area contributed by atoms with Gasteiger partial charge in [-0.3, -0.25) is 0 Å². The van der Waals surface area contributed by atoms with Crippen LogP contribution in [0.25, 0.3) is 33.4 Å². The minimum Gasteiger partial charge on any atom is -0.399 e. The highest BCUT2D eigenvalue weighted by molar-refractivity contribution is 6.62. The summed E-state index contributed by atoms with van der Waals surface area (Å²) < 4.78 is 12.6. The topological polar surface area (TPSA) is 18.5 Å². The summed E-state index contributed by atoms with van der Waals surface area (Å²) >= 11 is 0. The fourth-order valence-electron chi connectivity index (χ4n) is 6.05. The van der Waals surface area contributed by atoms with Crippen molar-refractivity contribution in [3.05, 3.63) is 138 Å². The van der Waals surface area contributed by atoms with Gasteiger partial charge in [0.25, 0.3) is 0 Å². The van der Waals surface area contributed by atoms with E-state index in [0.717, 1.165) is 5.46 Å². The fourth-order valence-corrected chi connectivity index (χ4v) is 6.05. The molecule has 5 aromatic rings. The number of rotatable bonds is 4. The molecule has 0 N–H and O–H groups in total. The lowest BCUT2D eigenvalue weighted by Crippen LogP contribution is -2.41. The van der Waals surface area contributed by atoms with Crippen LogP contribution in [-0.2, 0) is 9.31 Å². The molecular weight excluding hydrogens is 487 g/mol. The van der Waals surface area contributed by atoms with Crippen molar-refractivity contribution >= 4 is 12.6 Å². The molecule has 2 aliphatic rings. The summed E-state index contributed by atoms with van der Waals surface area (Å²) in [4.78, 5) is 0.